The van der Waals surface area contributed by atoms with E-state index in [9.17, 15) is 0 Å². The summed E-state index contributed by atoms with van der Waals surface area (Å²) in [6.45, 7) is 9.56. The minimum absolute atomic E-state index is 0.466. The van der Waals surface area contributed by atoms with Crippen molar-refractivity contribution in [1.82, 2.24) is 15.2 Å². The van der Waals surface area contributed by atoms with E-state index in [0.717, 1.165) is 31.3 Å². The van der Waals surface area contributed by atoms with Gasteiger partial charge < -0.3 is 19.5 Å². The SMILES string of the molecule is CC(C)NCc1coc(N(C)CCN2CCCC2)n1. The van der Waals surface area contributed by atoms with Crippen LogP contribution in [0.2, 0.25) is 0 Å². The molecule has 19 heavy (non-hydrogen) atoms. The zero-order valence-electron chi connectivity index (χ0n) is 12.4. The van der Waals surface area contributed by atoms with E-state index >= 15 is 0 Å². The minimum Gasteiger partial charge on any atom is -0.432 e. The predicted octanol–water partition coefficient (Wildman–Crippen LogP) is 1.70. The van der Waals surface area contributed by atoms with Gasteiger partial charge in [0, 0.05) is 32.7 Å². The van der Waals surface area contributed by atoms with E-state index in [4.69, 9.17) is 4.42 Å². The second-order valence-corrected chi connectivity index (χ2v) is 5.63. The van der Waals surface area contributed by atoms with Crippen molar-refractivity contribution in [3.8, 4) is 0 Å². The van der Waals surface area contributed by atoms with Crippen molar-refractivity contribution in [2.24, 2.45) is 0 Å². The molecule has 5 heteroatoms. The molecule has 2 heterocycles. The van der Waals surface area contributed by atoms with Crippen LogP contribution in [0.4, 0.5) is 6.01 Å². The third-order valence-corrected chi connectivity index (χ3v) is 3.51. The molecule has 1 aliphatic rings. The Morgan fingerprint density at radius 3 is 2.84 bits per heavy atom. The number of hydrogen-bond donors (Lipinski definition) is 1. The van der Waals surface area contributed by atoms with Gasteiger partial charge in [0.15, 0.2) is 0 Å². The molecule has 1 fully saturated rings. The van der Waals surface area contributed by atoms with Gasteiger partial charge in [-0.1, -0.05) is 13.8 Å². The van der Waals surface area contributed by atoms with E-state index in [0.29, 0.717) is 6.04 Å². The molecule has 5 nitrogen and oxygen atoms in total. The van der Waals surface area contributed by atoms with Gasteiger partial charge in [-0.3, -0.25) is 0 Å². The Hall–Kier alpha value is -1.07. The highest BCUT2D eigenvalue weighted by molar-refractivity contribution is 5.25. The smallest absolute Gasteiger partial charge is 0.297 e. The summed E-state index contributed by atoms with van der Waals surface area (Å²) in [4.78, 5) is 9.10. The molecule has 0 aromatic carbocycles. The summed E-state index contributed by atoms with van der Waals surface area (Å²) in [7, 11) is 2.04. The molecular formula is C14H26N4O. The number of nitrogens with one attached hydrogen (secondary N) is 1. The first-order valence-electron chi connectivity index (χ1n) is 7.26. The molecule has 1 aliphatic heterocycles. The fraction of sp³-hybridized carbons (Fsp3) is 0.786. The fourth-order valence-corrected chi connectivity index (χ4v) is 2.25. The number of likely N-dealkylation sites (tertiary alicyclic amines) is 1. The van der Waals surface area contributed by atoms with E-state index in [2.05, 4.69) is 33.9 Å². The Labute approximate surface area is 116 Å². The van der Waals surface area contributed by atoms with Crippen LogP contribution in [0.5, 0.6) is 0 Å². The Bertz CT molecular complexity index is 371. The minimum atomic E-state index is 0.466. The zero-order chi connectivity index (χ0) is 13.7. The van der Waals surface area contributed by atoms with Crippen LogP contribution in [0.25, 0.3) is 0 Å². The van der Waals surface area contributed by atoms with E-state index < -0.39 is 0 Å². The summed E-state index contributed by atoms with van der Waals surface area (Å²) in [5, 5.41) is 3.34. The lowest BCUT2D eigenvalue weighted by Gasteiger charge is -2.19. The van der Waals surface area contributed by atoms with Crippen molar-refractivity contribution >= 4 is 6.01 Å². The number of aromatic nitrogens is 1. The first-order valence-corrected chi connectivity index (χ1v) is 7.26. The molecule has 1 saturated heterocycles. The number of likely N-dealkylation sites (N-methyl/N-ethyl adjacent to an activating group) is 1. The van der Waals surface area contributed by atoms with Gasteiger partial charge in [-0.2, -0.15) is 4.98 Å². The molecule has 1 N–H and O–H groups in total. The molecule has 0 spiro atoms. The van der Waals surface area contributed by atoms with Crippen molar-refractivity contribution in [2.45, 2.75) is 39.3 Å². The van der Waals surface area contributed by atoms with Crippen molar-refractivity contribution in [2.75, 3.05) is 38.1 Å². The van der Waals surface area contributed by atoms with Crippen LogP contribution in [-0.2, 0) is 6.54 Å². The molecule has 0 unspecified atom stereocenters. The van der Waals surface area contributed by atoms with Crippen LogP contribution in [0.3, 0.4) is 0 Å². The molecule has 1 aromatic rings. The van der Waals surface area contributed by atoms with Gasteiger partial charge in [-0.15, -0.1) is 0 Å². The molecule has 0 aliphatic carbocycles. The third-order valence-electron chi connectivity index (χ3n) is 3.51. The molecule has 0 radical (unpaired) electrons. The fourth-order valence-electron chi connectivity index (χ4n) is 2.25. The number of anilines is 1. The van der Waals surface area contributed by atoms with E-state index in [1.807, 2.05) is 7.05 Å². The molecular weight excluding hydrogens is 240 g/mol. The maximum absolute atomic E-state index is 5.53. The van der Waals surface area contributed by atoms with E-state index in [1.165, 1.54) is 25.9 Å². The highest BCUT2D eigenvalue weighted by Gasteiger charge is 2.14. The van der Waals surface area contributed by atoms with Crippen LogP contribution in [0.15, 0.2) is 10.7 Å². The van der Waals surface area contributed by atoms with Crippen LogP contribution in [0.1, 0.15) is 32.4 Å². The molecule has 0 saturated carbocycles. The maximum Gasteiger partial charge on any atom is 0.297 e. The normalized spacial score (nSPS) is 16.4. The number of nitrogens with zero attached hydrogens (tertiary/aromatic N) is 3. The zero-order valence-corrected chi connectivity index (χ0v) is 12.4. The largest absolute Gasteiger partial charge is 0.432 e. The lowest BCUT2D eigenvalue weighted by atomic mass is 10.4. The summed E-state index contributed by atoms with van der Waals surface area (Å²) >= 11 is 0. The van der Waals surface area contributed by atoms with Gasteiger partial charge in [0.1, 0.15) is 6.26 Å². The second kappa shape index (κ2) is 6.91. The number of hydrogen-bond acceptors (Lipinski definition) is 5. The summed E-state index contributed by atoms with van der Waals surface area (Å²) in [6.07, 6.45) is 4.43. The Kier molecular flexibility index (Phi) is 5.22. The van der Waals surface area contributed by atoms with Crippen molar-refractivity contribution in [3.05, 3.63) is 12.0 Å². The highest BCUT2D eigenvalue weighted by Crippen LogP contribution is 2.13. The Balaban J connectivity index is 1.76. The van der Waals surface area contributed by atoms with Crippen LogP contribution in [-0.4, -0.2) is 49.2 Å². The standard InChI is InChI=1S/C14H26N4O/c1-12(2)15-10-13-11-19-14(16-13)17(3)8-9-18-6-4-5-7-18/h11-12,15H,4-10H2,1-3H3. The molecule has 0 atom stereocenters. The number of oxazole rings is 1. The maximum atomic E-state index is 5.53. The van der Waals surface area contributed by atoms with Crippen LogP contribution in [0, 0.1) is 0 Å². The van der Waals surface area contributed by atoms with Crippen LogP contribution < -0.4 is 10.2 Å². The van der Waals surface area contributed by atoms with Gasteiger partial charge in [-0.25, -0.2) is 0 Å². The highest BCUT2D eigenvalue weighted by atomic mass is 16.4. The average Bonchev–Trinajstić information content (AvgIpc) is 3.04. The molecule has 2 rings (SSSR count). The van der Waals surface area contributed by atoms with Gasteiger partial charge >= 0.3 is 0 Å². The van der Waals surface area contributed by atoms with Gasteiger partial charge in [0.2, 0.25) is 0 Å². The third kappa shape index (κ3) is 4.51. The van der Waals surface area contributed by atoms with E-state index in [1.54, 1.807) is 6.26 Å². The average molecular weight is 266 g/mol. The van der Waals surface area contributed by atoms with Crippen LogP contribution >= 0.6 is 0 Å². The Morgan fingerprint density at radius 2 is 2.16 bits per heavy atom. The monoisotopic (exact) mass is 266 g/mol. The van der Waals surface area contributed by atoms with Gasteiger partial charge in [0.25, 0.3) is 6.01 Å². The second-order valence-electron chi connectivity index (χ2n) is 5.63. The van der Waals surface area contributed by atoms with Gasteiger partial charge in [0.05, 0.1) is 5.69 Å². The van der Waals surface area contributed by atoms with Crippen molar-refractivity contribution in [1.29, 1.82) is 0 Å². The molecule has 108 valence electrons. The summed E-state index contributed by atoms with van der Waals surface area (Å²) in [5.41, 5.74) is 0.969. The molecule has 0 amide bonds. The van der Waals surface area contributed by atoms with Crippen molar-refractivity contribution in [3.63, 3.8) is 0 Å². The topological polar surface area (TPSA) is 44.5 Å². The first-order chi connectivity index (χ1) is 9.15. The number of rotatable bonds is 7. The van der Waals surface area contributed by atoms with E-state index in [-0.39, 0.29) is 0 Å². The van der Waals surface area contributed by atoms with Gasteiger partial charge in [-0.05, 0) is 25.9 Å². The molecule has 1 aromatic heterocycles. The summed E-state index contributed by atoms with van der Waals surface area (Å²) in [5.74, 6) is 0. The summed E-state index contributed by atoms with van der Waals surface area (Å²) in [6, 6.07) is 1.19. The predicted molar refractivity (Wildman–Crippen MR) is 77.4 cm³/mol. The van der Waals surface area contributed by atoms with Crippen molar-refractivity contribution < 1.29 is 4.42 Å². The lowest BCUT2D eigenvalue weighted by Crippen LogP contribution is -2.31. The quantitative estimate of drug-likeness (QED) is 0.814. The Morgan fingerprint density at radius 1 is 1.42 bits per heavy atom. The first kappa shape index (κ1) is 14.3. The lowest BCUT2D eigenvalue weighted by molar-refractivity contribution is 0.344. The molecule has 0 bridgehead atoms. The summed E-state index contributed by atoms with van der Waals surface area (Å²) < 4.78 is 5.53.